The van der Waals surface area contributed by atoms with Gasteiger partial charge in [-0.15, -0.1) is 11.3 Å². The molecule has 0 amide bonds. The normalized spacial score (nSPS) is 15.1. The molecule has 1 saturated carbocycles. The average Bonchev–Trinajstić information content (AvgIpc) is 3.13. The number of rotatable bonds is 4. The van der Waals surface area contributed by atoms with Crippen molar-refractivity contribution in [3.8, 4) is 10.7 Å². The molecule has 0 aromatic carbocycles. The van der Waals surface area contributed by atoms with Crippen molar-refractivity contribution in [1.29, 1.82) is 0 Å². The lowest BCUT2D eigenvalue weighted by Crippen LogP contribution is -2.05. The Morgan fingerprint density at radius 2 is 2.29 bits per heavy atom. The summed E-state index contributed by atoms with van der Waals surface area (Å²) in [4.78, 5) is 10.5. The molecule has 3 nitrogen and oxygen atoms in total. The van der Waals surface area contributed by atoms with E-state index in [0.717, 1.165) is 17.2 Å². The van der Waals surface area contributed by atoms with E-state index in [1.54, 1.807) is 11.3 Å². The van der Waals surface area contributed by atoms with Crippen molar-refractivity contribution in [2.24, 2.45) is 0 Å². The van der Waals surface area contributed by atoms with Gasteiger partial charge in [-0.1, -0.05) is 6.07 Å². The second-order valence-electron chi connectivity index (χ2n) is 4.35. The summed E-state index contributed by atoms with van der Waals surface area (Å²) in [6.07, 6.45) is 4.41. The number of thiazole rings is 1. The lowest BCUT2D eigenvalue weighted by molar-refractivity contribution is 0.813. The second-order valence-corrected chi connectivity index (χ2v) is 5.43. The summed E-state index contributed by atoms with van der Waals surface area (Å²) in [6, 6.07) is 5.98. The van der Waals surface area contributed by atoms with E-state index in [-0.39, 0.29) is 0 Å². The summed E-state index contributed by atoms with van der Waals surface area (Å²) in [5, 5.41) is 4.28. The zero-order valence-corrected chi connectivity index (χ0v) is 10.6. The molecule has 88 valence electrons. The molecule has 2 heterocycles. The fourth-order valence-electron chi connectivity index (χ4n) is 1.93. The molecule has 0 atom stereocenters. The monoisotopic (exact) mass is 245 g/mol. The van der Waals surface area contributed by atoms with E-state index < -0.39 is 0 Å². The predicted molar refractivity (Wildman–Crippen MR) is 70.1 cm³/mol. The van der Waals surface area contributed by atoms with Crippen LogP contribution in [0.2, 0.25) is 0 Å². The highest BCUT2D eigenvalue weighted by atomic mass is 32.1. The SMILES string of the molecule is CNCc1sc(-c2ccccn2)nc1C1CC1. The fourth-order valence-corrected chi connectivity index (χ4v) is 3.06. The lowest BCUT2D eigenvalue weighted by atomic mass is 10.2. The lowest BCUT2D eigenvalue weighted by Gasteiger charge is -1.97. The Hall–Kier alpha value is -1.26. The maximum Gasteiger partial charge on any atom is 0.142 e. The molecular formula is C13H15N3S. The Kier molecular flexibility index (Phi) is 2.91. The Balaban J connectivity index is 1.98. The first kappa shape index (κ1) is 10.9. The topological polar surface area (TPSA) is 37.8 Å². The molecule has 0 spiro atoms. The predicted octanol–water partition coefficient (Wildman–Crippen LogP) is 2.80. The van der Waals surface area contributed by atoms with E-state index >= 15 is 0 Å². The summed E-state index contributed by atoms with van der Waals surface area (Å²) in [5.74, 6) is 0.701. The molecule has 0 saturated heterocycles. The molecule has 4 heteroatoms. The van der Waals surface area contributed by atoms with Gasteiger partial charge in [0.05, 0.1) is 11.4 Å². The molecule has 0 bridgehead atoms. The van der Waals surface area contributed by atoms with Crippen LogP contribution < -0.4 is 5.32 Å². The summed E-state index contributed by atoms with van der Waals surface area (Å²) >= 11 is 1.77. The van der Waals surface area contributed by atoms with Gasteiger partial charge in [-0.05, 0) is 32.0 Å². The van der Waals surface area contributed by atoms with Crippen LogP contribution in [-0.4, -0.2) is 17.0 Å². The van der Waals surface area contributed by atoms with Crippen LogP contribution in [0.15, 0.2) is 24.4 Å². The van der Waals surface area contributed by atoms with Crippen LogP contribution in [0.4, 0.5) is 0 Å². The minimum absolute atomic E-state index is 0.701. The molecule has 1 fully saturated rings. The second kappa shape index (κ2) is 4.55. The highest BCUT2D eigenvalue weighted by Crippen LogP contribution is 2.43. The maximum absolute atomic E-state index is 4.78. The molecule has 2 aromatic rings. The molecule has 1 aliphatic carbocycles. The van der Waals surface area contributed by atoms with Gasteiger partial charge >= 0.3 is 0 Å². The number of nitrogens with zero attached hydrogens (tertiary/aromatic N) is 2. The summed E-state index contributed by atoms with van der Waals surface area (Å²) in [6.45, 7) is 0.913. The largest absolute Gasteiger partial charge is 0.315 e. The number of hydrogen-bond acceptors (Lipinski definition) is 4. The van der Waals surface area contributed by atoms with Crippen LogP contribution in [0, 0.1) is 0 Å². The van der Waals surface area contributed by atoms with E-state index in [1.807, 2.05) is 31.4 Å². The van der Waals surface area contributed by atoms with E-state index in [9.17, 15) is 0 Å². The average molecular weight is 245 g/mol. The first-order valence-corrected chi connectivity index (χ1v) is 6.75. The van der Waals surface area contributed by atoms with Crippen LogP contribution >= 0.6 is 11.3 Å². The summed E-state index contributed by atoms with van der Waals surface area (Å²) in [5.41, 5.74) is 2.28. The van der Waals surface area contributed by atoms with Gasteiger partial charge in [0, 0.05) is 23.5 Å². The van der Waals surface area contributed by atoms with Crippen LogP contribution in [0.25, 0.3) is 10.7 Å². The number of hydrogen-bond donors (Lipinski definition) is 1. The van der Waals surface area contributed by atoms with Crippen molar-refractivity contribution >= 4 is 11.3 Å². The molecule has 1 N–H and O–H groups in total. The Morgan fingerprint density at radius 3 is 2.94 bits per heavy atom. The van der Waals surface area contributed by atoms with Crippen molar-refractivity contribution in [3.05, 3.63) is 35.0 Å². The van der Waals surface area contributed by atoms with Gasteiger partial charge in [0.1, 0.15) is 5.01 Å². The third-order valence-electron chi connectivity index (χ3n) is 2.91. The standard InChI is InChI=1S/C13H15N3S/c1-14-8-11-12(9-5-6-9)16-13(17-11)10-4-2-3-7-15-10/h2-4,7,9,14H,5-6,8H2,1H3. The molecule has 0 aliphatic heterocycles. The van der Waals surface area contributed by atoms with Crippen LogP contribution in [0.1, 0.15) is 29.3 Å². The quantitative estimate of drug-likeness (QED) is 0.900. The van der Waals surface area contributed by atoms with Crippen molar-refractivity contribution in [1.82, 2.24) is 15.3 Å². The van der Waals surface area contributed by atoms with Gasteiger partial charge in [-0.2, -0.15) is 0 Å². The van der Waals surface area contributed by atoms with Crippen molar-refractivity contribution in [3.63, 3.8) is 0 Å². The first-order chi connectivity index (χ1) is 8.38. The Morgan fingerprint density at radius 1 is 1.41 bits per heavy atom. The molecule has 0 unspecified atom stereocenters. The number of aromatic nitrogens is 2. The van der Waals surface area contributed by atoms with E-state index in [4.69, 9.17) is 4.98 Å². The van der Waals surface area contributed by atoms with Gasteiger partial charge < -0.3 is 5.32 Å². The molecule has 0 radical (unpaired) electrons. The highest BCUT2D eigenvalue weighted by molar-refractivity contribution is 7.15. The van der Waals surface area contributed by atoms with E-state index in [0.29, 0.717) is 5.92 Å². The molecule has 2 aromatic heterocycles. The van der Waals surface area contributed by atoms with Gasteiger partial charge in [-0.3, -0.25) is 4.98 Å². The highest BCUT2D eigenvalue weighted by Gasteiger charge is 2.29. The smallest absolute Gasteiger partial charge is 0.142 e. The van der Waals surface area contributed by atoms with Gasteiger partial charge in [0.25, 0.3) is 0 Å². The van der Waals surface area contributed by atoms with Crippen molar-refractivity contribution in [2.45, 2.75) is 25.3 Å². The fraction of sp³-hybridized carbons (Fsp3) is 0.385. The number of pyridine rings is 1. The van der Waals surface area contributed by atoms with E-state index in [1.165, 1.54) is 23.4 Å². The van der Waals surface area contributed by atoms with Gasteiger partial charge in [0.2, 0.25) is 0 Å². The van der Waals surface area contributed by atoms with Crippen LogP contribution in [0.5, 0.6) is 0 Å². The summed E-state index contributed by atoms with van der Waals surface area (Å²) in [7, 11) is 1.98. The summed E-state index contributed by atoms with van der Waals surface area (Å²) < 4.78 is 0. The van der Waals surface area contributed by atoms with Crippen LogP contribution in [-0.2, 0) is 6.54 Å². The van der Waals surface area contributed by atoms with Crippen LogP contribution in [0.3, 0.4) is 0 Å². The first-order valence-electron chi connectivity index (χ1n) is 5.94. The van der Waals surface area contributed by atoms with Crippen molar-refractivity contribution < 1.29 is 0 Å². The zero-order valence-electron chi connectivity index (χ0n) is 9.81. The van der Waals surface area contributed by atoms with Gasteiger partial charge in [0.15, 0.2) is 0 Å². The van der Waals surface area contributed by atoms with E-state index in [2.05, 4.69) is 10.3 Å². The zero-order chi connectivity index (χ0) is 11.7. The third kappa shape index (κ3) is 2.23. The molecule has 17 heavy (non-hydrogen) atoms. The molecule has 1 aliphatic rings. The maximum atomic E-state index is 4.78. The van der Waals surface area contributed by atoms with Gasteiger partial charge in [-0.25, -0.2) is 4.98 Å². The molecule has 3 rings (SSSR count). The third-order valence-corrected chi connectivity index (χ3v) is 4.01. The van der Waals surface area contributed by atoms with Crippen molar-refractivity contribution in [2.75, 3.05) is 7.05 Å². The minimum Gasteiger partial charge on any atom is -0.315 e. The Labute approximate surface area is 105 Å². The molecular weight excluding hydrogens is 230 g/mol. The number of nitrogens with one attached hydrogen (secondary N) is 1. The minimum atomic E-state index is 0.701. The Bertz CT molecular complexity index is 503.